The Bertz CT molecular complexity index is 231. The van der Waals surface area contributed by atoms with Crippen molar-refractivity contribution < 1.29 is 4.74 Å². The largest absolute Gasteiger partial charge is 0.497 e. The minimum Gasteiger partial charge on any atom is -0.497 e. The first kappa shape index (κ1) is 8.12. The quantitative estimate of drug-likeness (QED) is 0.558. The van der Waals surface area contributed by atoms with Crippen LogP contribution in [0.1, 0.15) is 20.3 Å². The van der Waals surface area contributed by atoms with Crippen molar-refractivity contribution in [3.05, 3.63) is 35.1 Å². The Morgan fingerprint density at radius 3 is 2.64 bits per heavy atom. The molecule has 0 saturated carbocycles. The van der Waals surface area contributed by atoms with Gasteiger partial charge in [0.05, 0.1) is 7.11 Å². The van der Waals surface area contributed by atoms with Crippen molar-refractivity contribution in [3.8, 4) is 0 Å². The molecule has 1 nitrogen and oxygen atoms in total. The molecule has 1 aliphatic rings. The summed E-state index contributed by atoms with van der Waals surface area (Å²) in [7, 11) is 1.71. The molecule has 1 rings (SSSR count). The van der Waals surface area contributed by atoms with Crippen LogP contribution >= 0.6 is 0 Å². The van der Waals surface area contributed by atoms with Gasteiger partial charge in [-0.2, -0.15) is 0 Å². The van der Waals surface area contributed by atoms with Crippen molar-refractivity contribution in [2.45, 2.75) is 20.3 Å². The second-order valence-corrected chi connectivity index (χ2v) is 2.84. The maximum Gasteiger partial charge on any atom is 0.118 e. The van der Waals surface area contributed by atoms with Gasteiger partial charge >= 0.3 is 0 Å². The first-order chi connectivity index (χ1) is 5.24. The molecule has 0 bridgehead atoms. The molecule has 0 atom stereocenters. The van der Waals surface area contributed by atoms with Crippen LogP contribution in [0.4, 0.5) is 0 Å². The van der Waals surface area contributed by atoms with E-state index in [0.717, 1.165) is 12.2 Å². The van der Waals surface area contributed by atoms with Crippen LogP contribution in [-0.2, 0) is 4.74 Å². The Hall–Kier alpha value is -0.980. The van der Waals surface area contributed by atoms with E-state index in [1.807, 2.05) is 0 Å². The third-order valence-corrected chi connectivity index (χ3v) is 1.84. The highest BCUT2D eigenvalue weighted by Crippen LogP contribution is 2.17. The van der Waals surface area contributed by atoms with Crippen LogP contribution in [0.15, 0.2) is 35.1 Å². The molecular weight excluding hydrogens is 136 g/mol. The first-order valence-electron chi connectivity index (χ1n) is 3.82. The molecule has 0 aliphatic heterocycles. The fraction of sp³-hybridized carbons (Fsp3) is 0.400. The third-order valence-electron chi connectivity index (χ3n) is 1.84. The fourth-order valence-corrected chi connectivity index (χ4v) is 1.08. The van der Waals surface area contributed by atoms with Gasteiger partial charge in [0.1, 0.15) is 5.76 Å². The van der Waals surface area contributed by atoms with Crippen LogP contribution in [0.25, 0.3) is 0 Å². The summed E-state index contributed by atoms with van der Waals surface area (Å²) in [5.74, 6) is 0.998. The van der Waals surface area contributed by atoms with Crippen LogP contribution < -0.4 is 0 Å². The number of methoxy groups -OCH3 is 1. The number of ether oxygens (including phenoxy) is 1. The summed E-state index contributed by atoms with van der Waals surface area (Å²) in [6.45, 7) is 4.18. The Labute approximate surface area is 68.1 Å². The van der Waals surface area contributed by atoms with E-state index in [4.69, 9.17) is 4.74 Å². The van der Waals surface area contributed by atoms with E-state index >= 15 is 0 Å². The van der Waals surface area contributed by atoms with Gasteiger partial charge in [0.15, 0.2) is 0 Å². The van der Waals surface area contributed by atoms with Crippen molar-refractivity contribution in [3.63, 3.8) is 0 Å². The van der Waals surface area contributed by atoms with Gasteiger partial charge in [0.25, 0.3) is 0 Å². The summed E-state index contributed by atoms with van der Waals surface area (Å²) in [5, 5.41) is 0. The van der Waals surface area contributed by atoms with Crippen molar-refractivity contribution >= 4 is 0 Å². The maximum absolute atomic E-state index is 5.19. The van der Waals surface area contributed by atoms with Crippen LogP contribution in [-0.4, -0.2) is 7.11 Å². The van der Waals surface area contributed by atoms with Gasteiger partial charge in [-0.15, -0.1) is 0 Å². The average Bonchev–Trinajstić information content (AvgIpc) is 2.15. The molecule has 0 amide bonds. The molecule has 0 heterocycles. The van der Waals surface area contributed by atoms with Gasteiger partial charge in [0, 0.05) is 0 Å². The molecule has 0 spiro atoms. The number of hydrogen-bond donors (Lipinski definition) is 0. The summed E-state index contributed by atoms with van der Waals surface area (Å²) >= 11 is 0. The predicted molar refractivity (Wildman–Crippen MR) is 47.2 cm³/mol. The van der Waals surface area contributed by atoms with E-state index in [2.05, 4.69) is 32.1 Å². The smallest absolute Gasteiger partial charge is 0.118 e. The zero-order valence-corrected chi connectivity index (χ0v) is 7.35. The highest BCUT2D eigenvalue weighted by atomic mass is 16.5. The molecule has 0 N–H and O–H groups in total. The molecule has 0 aromatic carbocycles. The monoisotopic (exact) mass is 150 g/mol. The van der Waals surface area contributed by atoms with Crippen molar-refractivity contribution in [1.29, 1.82) is 0 Å². The number of allylic oxidation sites excluding steroid dienone is 5. The number of hydrogen-bond acceptors (Lipinski definition) is 1. The first-order valence-corrected chi connectivity index (χ1v) is 3.82. The molecule has 1 heteroatoms. The molecule has 0 unspecified atom stereocenters. The van der Waals surface area contributed by atoms with E-state index in [9.17, 15) is 0 Å². The summed E-state index contributed by atoms with van der Waals surface area (Å²) in [6.07, 6.45) is 7.34. The van der Waals surface area contributed by atoms with E-state index < -0.39 is 0 Å². The molecule has 60 valence electrons. The molecule has 0 aromatic rings. The summed E-state index contributed by atoms with van der Waals surface area (Å²) in [4.78, 5) is 0. The molecule has 0 aromatic heterocycles. The average molecular weight is 150 g/mol. The van der Waals surface area contributed by atoms with Crippen molar-refractivity contribution in [2.24, 2.45) is 0 Å². The van der Waals surface area contributed by atoms with Crippen molar-refractivity contribution in [1.82, 2.24) is 0 Å². The van der Waals surface area contributed by atoms with Crippen LogP contribution in [0.3, 0.4) is 0 Å². The highest BCUT2D eigenvalue weighted by Gasteiger charge is 2.01. The lowest BCUT2D eigenvalue weighted by atomic mass is 10.2. The molecule has 0 saturated heterocycles. The highest BCUT2D eigenvalue weighted by molar-refractivity contribution is 5.33. The van der Waals surface area contributed by atoms with Crippen molar-refractivity contribution in [2.75, 3.05) is 7.11 Å². The Balaban J connectivity index is 2.87. The zero-order chi connectivity index (χ0) is 8.27. The summed E-state index contributed by atoms with van der Waals surface area (Å²) in [5.41, 5.74) is 2.57. The van der Waals surface area contributed by atoms with Gasteiger partial charge in [-0.1, -0.05) is 17.7 Å². The van der Waals surface area contributed by atoms with Gasteiger partial charge in [-0.25, -0.2) is 0 Å². The topological polar surface area (TPSA) is 9.23 Å². The van der Waals surface area contributed by atoms with E-state index in [0.29, 0.717) is 0 Å². The molecule has 1 aliphatic carbocycles. The Kier molecular flexibility index (Phi) is 2.53. The third kappa shape index (κ3) is 1.97. The van der Waals surface area contributed by atoms with Crippen LogP contribution in [0.2, 0.25) is 0 Å². The molecule has 0 fully saturated rings. The standard InChI is InChI=1S/C10H14O/c1-8-4-6-9(2)10(11-3)7-5-8/h4,6-7H,5H2,1-3H3. The Morgan fingerprint density at radius 1 is 1.27 bits per heavy atom. The second kappa shape index (κ2) is 3.42. The lowest BCUT2D eigenvalue weighted by Crippen LogP contribution is -1.86. The summed E-state index contributed by atoms with van der Waals surface area (Å²) < 4.78 is 5.19. The van der Waals surface area contributed by atoms with Gasteiger partial charge in [0.2, 0.25) is 0 Å². The summed E-state index contributed by atoms with van der Waals surface area (Å²) in [6, 6.07) is 0. The molecule has 0 radical (unpaired) electrons. The van der Waals surface area contributed by atoms with E-state index in [-0.39, 0.29) is 0 Å². The minimum atomic E-state index is 0.997. The SMILES string of the molecule is COC1=CCC(C)=CC=C1C. The minimum absolute atomic E-state index is 0.997. The van der Waals surface area contributed by atoms with Gasteiger partial charge < -0.3 is 4.74 Å². The maximum atomic E-state index is 5.19. The van der Waals surface area contributed by atoms with E-state index in [1.54, 1.807) is 7.11 Å². The molecular formula is C10H14O. The van der Waals surface area contributed by atoms with Crippen LogP contribution in [0, 0.1) is 0 Å². The Morgan fingerprint density at radius 2 is 2.00 bits per heavy atom. The zero-order valence-electron chi connectivity index (χ0n) is 7.35. The molecule has 11 heavy (non-hydrogen) atoms. The lowest BCUT2D eigenvalue weighted by Gasteiger charge is -2.03. The normalized spacial score (nSPS) is 17.9. The lowest BCUT2D eigenvalue weighted by molar-refractivity contribution is 0.299. The fourth-order valence-electron chi connectivity index (χ4n) is 1.08. The van der Waals surface area contributed by atoms with Crippen LogP contribution in [0.5, 0.6) is 0 Å². The second-order valence-electron chi connectivity index (χ2n) is 2.84. The van der Waals surface area contributed by atoms with Gasteiger partial charge in [-0.3, -0.25) is 0 Å². The number of rotatable bonds is 1. The predicted octanol–water partition coefficient (Wildman–Crippen LogP) is 2.81. The van der Waals surface area contributed by atoms with Gasteiger partial charge in [-0.05, 0) is 31.9 Å². The van der Waals surface area contributed by atoms with E-state index in [1.165, 1.54) is 11.1 Å².